The van der Waals surface area contributed by atoms with E-state index in [2.05, 4.69) is 16.7 Å². The molecule has 10 heteroatoms. The second-order valence-corrected chi connectivity index (χ2v) is 10.1. The highest BCUT2D eigenvalue weighted by Crippen LogP contribution is 2.38. The number of rotatable bonds is 5. The number of fused-ring (bicyclic) bond motifs is 1. The minimum Gasteiger partial charge on any atom is -0.454 e. The number of nitriles is 1. The van der Waals surface area contributed by atoms with Gasteiger partial charge < -0.3 is 15.4 Å². The largest absolute Gasteiger partial charge is 0.454 e. The number of hydrogen-bond acceptors (Lipinski definition) is 7. The lowest BCUT2D eigenvalue weighted by Gasteiger charge is -2.36. The van der Waals surface area contributed by atoms with E-state index >= 15 is 0 Å². The number of esters is 1. The van der Waals surface area contributed by atoms with E-state index in [1.807, 2.05) is 6.92 Å². The molecule has 0 radical (unpaired) electrons. The molecule has 1 aromatic rings. The van der Waals surface area contributed by atoms with Crippen molar-refractivity contribution in [2.45, 2.75) is 70.3 Å². The molecule has 2 fully saturated rings. The van der Waals surface area contributed by atoms with Gasteiger partial charge in [0.1, 0.15) is 23.2 Å². The lowest BCUT2D eigenvalue weighted by Crippen LogP contribution is -2.54. The molecule has 2 atom stereocenters. The number of hydrogen-bond donors (Lipinski definition) is 2. The van der Waals surface area contributed by atoms with Crippen molar-refractivity contribution in [3.63, 3.8) is 0 Å². The summed E-state index contributed by atoms with van der Waals surface area (Å²) in [5.41, 5.74) is 0.553. The minimum atomic E-state index is -0.947. The zero-order chi connectivity index (χ0) is 23.6. The van der Waals surface area contributed by atoms with E-state index in [4.69, 9.17) is 4.74 Å². The van der Waals surface area contributed by atoms with E-state index in [0.717, 1.165) is 66.7 Å². The molecule has 1 aliphatic heterocycles. The van der Waals surface area contributed by atoms with Crippen LogP contribution in [-0.4, -0.2) is 47.4 Å². The topological polar surface area (TPSA) is 129 Å². The van der Waals surface area contributed by atoms with Crippen LogP contribution < -0.4 is 10.6 Å². The summed E-state index contributed by atoms with van der Waals surface area (Å²) in [5, 5.41) is 15.5. The van der Waals surface area contributed by atoms with Crippen LogP contribution in [0.2, 0.25) is 0 Å². The Hall–Kier alpha value is -2.93. The summed E-state index contributed by atoms with van der Waals surface area (Å²) in [7, 11) is 0. The summed E-state index contributed by atoms with van der Waals surface area (Å²) >= 11 is 1.40. The maximum absolute atomic E-state index is 12.9. The Balaban J connectivity index is 1.32. The lowest BCUT2D eigenvalue weighted by atomic mass is 9.73. The summed E-state index contributed by atoms with van der Waals surface area (Å²) in [4.78, 5) is 52.0. The zero-order valence-corrected chi connectivity index (χ0v) is 19.5. The Morgan fingerprint density at radius 1 is 1.24 bits per heavy atom. The number of carbonyl (C=O) groups is 4. The molecule has 0 bridgehead atoms. The first kappa shape index (κ1) is 23.2. The van der Waals surface area contributed by atoms with Crippen molar-refractivity contribution in [1.82, 2.24) is 10.2 Å². The number of thiophene rings is 1. The molecule has 9 nitrogen and oxygen atoms in total. The molecule has 1 saturated heterocycles. The second kappa shape index (κ2) is 9.51. The van der Waals surface area contributed by atoms with Crippen molar-refractivity contribution in [2.75, 3.05) is 18.5 Å². The Bertz CT molecular complexity index is 1030. The van der Waals surface area contributed by atoms with Crippen LogP contribution in [0.3, 0.4) is 0 Å². The predicted molar refractivity (Wildman–Crippen MR) is 120 cm³/mol. The number of anilines is 1. The third-order valence-corrected chi connectivity index (χ3v) is 8.15. The van der Waals surface area contributed by atoms with Crippen molar-refractivity contribution < 1.29 is 23.9 Å². The quantitative estimate of drug-likeness (QED) is 0.385. The van der Waals surface area contributed by atoms with Gasteiger partial charge in [0.2, 0.25) is 0 Å². The monoisotopic (exact) mass is 472 g/mol. The van der Waals surface area contributed by atoms with Crippen LogP contribution in [0.5, 0.6) is 0 Å². The number of carbonyl (C=O) groups excluding carboxylic acids is 4. The Labute approximate surface area is 196 Å². The molecule has 1 saturated carbocycles. The van der Waals surface area contributed by atoms with Crippen molar-refractivity contribution in [3.8, 4) is 6.07 Å². The molecular weight excluding hydrogens is 444 g/mol. The van der Waals surface area contributed by atoms with Gasteiger partial charge in [-0.1, -0.05) is 26.2 Å². The average molecular weight is 473 g/mol. The molecular formula is C23H28N4O5S. The predicted octanol–water partition coefficient (Wildman–Crippen LogP) is 2.87. The first-order valence-corrected chi connectivity index (χ1v) is 12.3. The zero-order valence-electron chi connectivity index (χ0n) is 18.7. The van der Waals surface area contributed by atoms with Gasteiger partial charge in [0.15, 0.2) is 6.61 Å². The molecule has 33 heavy (non-hydrogen) atoms. The summed E-state index contributed by atoms with van der Waals surface area (Å²) in [5.74, 6) is -1.81. The van der Waals surface area contributed by atoms with E-state index in [-0.39, 0.29) is 5.92 Å². The third-order valence-electron chi connectivity index (χ3n) is 6.94. The highest BCUT2D eigenvalue weighted by Gasteiger charge is 2.55. The molecule has 2 aliphatic carbocycles. The Morgan fingerprint density at radius 3 is 2.79 bits per heavy atom. The van der Waals surface area contributed by atoms with Gasteiger partial charge in [-0.05, 0) is 50.0 Å². The fraction of sp³-hybridized carbons (Fsp3) is 0.609. The molecule has 176 valence electrons. The standard InChI is InChI=1S/C23H28N4O5S/c1-14-7-5-6-10-23(14)21(30)27(22(31)26-23)12-19(29)32-13-18(28)25-20-16(11-24)15-8-3-2-4-9-17(15)33-20/h14H,2-10,12-13H2,1H3,(H,25,28)(H,26,31)/t14-,23+/m0/s1. The van der Waals surface area contributed by atoms with E-state index in [1.54, 1.807) is 0 Å². The number of nitrogens with one attached hydrogen (secondary N) is 2. The summed E-state index contributed by atoms with van der Waals surface area (Å²) < 4.78 is 5.03. The minimum absolute atomic E-state index is 0.00950. The highest BCUT2D eigenvalue weighted by atomic mass is 32.1. The Morgan fingerprint density at radius 2 is 2.03 bits per heavy atom. The summed E-state index contributed by atoms with van der Waals surface area (Å²) in [6.45, 7) is 0.837. The number of urea groups is 1. The molecule has 1 aromatic heterocycles. The van der Waals surface area contributed by atoms with Crippen LogP contribution in [0, 0.1) is 17.2 Å². The molecule has 3 aliphatic rings. The number of ether oxygens (including phenoxy) is 1. The molecule has 1 spiro atoms. The first-order chi connectivity index (χ1) is 15.9. The van der Waals surface area contributed by atoms with Crippen LogP contribution in [0.4, 0.5) is 9.80 Å². The van der Waals surface area contributed by atoms with Gasteiger partial charge in [-0.3, -0.25) is 19.3 Å². The fourth-order valence-corrected chi connectivity index (χ4v) is 6.33. The SMILES string of the molecule is C[C@H]1CCCC[C@@]12NC(=O)N(CC(=O)OCC(=O)Nc1sc3c(c1C#N)CCCCC3)C2=O. The molecule has 0 aromatic carbocycles. The average Bonchev–Trinajstić information content (AvgIpc) is 3.10. The molecule has 4 amide bonds. The maximum atomic E-state index is 12.9. The van der Waals surface area contributed by atoms with Gasteiger partial charge in [-0.25, -0.2) is 4.79 Å². The fourth-order valence-electron chi connectivity index (χ4n) is 5.07. The van der Waals surface area contributed by atoms with E-state index in [9.17, 15) is 24.4 Å². The van der Waals surface area contributed by atoms with Gasteiger partial charge in [-0.2, -0.15) is 5.26 Å². The van der Waals surface area contributed by atoms with E-state index in [1.165, 1.54) is 11.3 Å². The van der Waals surface area contributed by atoms with Crippen LogP contribution in [0.15, 0.2) is 0 Å². The normalized spacial score (nSPS) is 24.6. The second-order valence-electron chi connectivity index (χ2n) is 9.03. The van der Waals surface area contributed by atoms with Gasteiger partial charge in [-0.15, -0.1) is 11.3 Å². The third kappa shape index (κ3) is 4.47. The molecule has 2 heterocycles. The summed E-state index contributed by atoms with van der Waals surface area (Å²) in [6.07, 6.45) is 8.16. The number of aryl methyl sites for hydroxylation is 1. The van der Waals surface area contributed by atoms with Crippen molar-refractivity contribution in [3.05, 3.63) is 16.0 Å². The highest BCUT2D eigenvalue weighted by molar-refractivity contribution is 7.16. The van der Waals surface area contributed by atoms with Crippen molar-refractivity contribution >= 4 is 40.2 Å². The molecule has 2 N–H and O–H groups in total. The van der Waals surface area contributed by atoms with Gasteiger partial charge in [0, 0.05) is 4.88 Å². The van der Waals surface area contributed by atoms with Crippen molar-refractivity contribution in [1.29, 1.82) is 5.26 Å². The van der Waals surface area contributed by atoms with E-state index in [0.29, 0.717) is 17.0 Å². The van der Waals surface area contributed by atoms with E-state index < -0.39 is 42.5 Å². The summed E-state index contributed by atoms with van der Waals surface area (Å²) in [6, 6.07) is 1.59. The number of nitrogens with zero attached hydrogens (tertiary/aromatic N) is 2. The number of amides is 4. The molecule has 4 rings (SSSR count). The maximum Gasteiger partial charge on any atom is 0.326 e. The van der Waals surface area contributed by atoms with Crippen LogP contribution >= 0.6 is 11.3 Å². The van der Waals surface area contributed by atoms with Crippen molar-refractivity contribution in [2.24, 2.45) is 5.92 Å². The van der Waals surface area contributed by atoms with Crippen LogP contribution in [0.1, 0.15) is 67.9 Å². The number of imide groups is 1. The van der Waals surface area contributed by atoms with Crippen LogP contribution in [0.25, 0.3) is 0 Å². The first-order valence-electron chi connectivity index (χ1n) is 11.5. The Kier molecular flexibility index (Phi) is 6.70. The molecule has 0 unspecified atom stereocenters. The lowest BCUT2D eigenvalue weighted by molar-refractivity contribution is -0.150. The van der Waals surface area contributed by atoms with Gasteiger partial charge in [0.25, 0.3) is 11.8 Å². The van der Waals surface area contributed by atoms with Gasteiger partial charge in [0.05, 0.1) is 5.56 Å². The van der Waals surface area contributed by atoms with Crippen LogP contribution in [-0.2, 0) is 32.0 Å². The van der Waals surface area contributed by atoms with Gasteiger partial charge >= 0.3 is 12.0 Å². The smallest absolute Gasteiger partial charge is 0.326 e.